The number of rotatable bonds is 4. The lowest BCUT2D eigenvalue weighted by molar-refractivity contribution is -0.142. The highest BCUT2D eigenvalue weighted by Gasteiger charge is 2.33. The lowest BCUT2D eigenvalue weighted by atomic mass is 9.96. The van der Waals surface area contributed by atoms with E-state index in [0.29, 0.717) is 19.3 Å². The average Bonchev–Trinajstić information content (AvgIpc) is 2.91. The summed E-state index contributed by atoms with van der Waals surface area (Å²) in [6.45, 7) is -0.171. The molecule has 1 fully saturated rings. The van der Waals surface area contributed by atoms with Crippen LogP contribution in [0.5, 0.6) is 0 Å². The van der Waals surface area contributed by atoms with Crippen molar-refractivity contribution in [3.63, 3.8) is 0 Å². The predicted molar refractivity (Wildman–Crippen MR) is 63.2 cm³/mol. The molecule has 0 aliphatic heterocycles. The van der Waals surface area contributed by atoms with E-state index in [9.17, 15) is 26.7 Å². The molecule has 1 aliphatic carbocycles. The SMILES string of the molecule is O=C(O)C1CCCC1CNc1c(F)c(F)c(F)c(F)c1F. The number of nitrogens with one attached hydrogen (secondary N) is 1. The minimum atomic E-state index is -2.22. The van der Waals surface area contributed by atoms with Crippen LogP contribution in [0.3, 0.4) is 0 Å². The Hall–Kier alpha value is -1.86. The summed E-state index contributed by atoms with van der Waals surface area (Å²) in [5.74, 6) is -12.3. The molecule has 0 aromatic heterocycles. The molecular formula is C13H12F5NO2. The maximum absolute atomic E-state index is 13.4. The van der Waals surface area contributed by atoms with Gasteiger partial charge in [-0.25, -0.2) is 22.0 Å². The Morgan fingerprint density at radius 2 is 1.52 bits per heavy atom. The number of carboxylic acid groups (broad SMARTS) is 1. The number of halogens is 5. The minimum absolute atomic E-state index is 0.171. The monoisotopic (exact) mass is 309 g/mol. The summed E-state index contributed by atoms with van der Waals surface area (Å²) < 4.78 is 65.8. The van der Waals surface area contributed by atoms with Crippen LogP contribution in [-0.2, 0) is 4.79 Å². The normalized spacial score (nSPS) is 21.6. The lowest BCUT2D eigenvalue weighted by Crippen LogP contribution is -2.25. The molecule has 0 radical (unpaired) electrons. The van der Waals surface area contributed by atoms with Gasteiger partial charge in [0.2, 0.25) is 5.82 Å². The minimum Gasteiger partial charge on any atom is -0.481 e. The van der Waals surface area contributed by atoms with Crippen LogP contribution in [0.2, 0.25) is 0 Å². The fraction of sp³-hybridized carbons (Fsp3) is 0.462. The highest BCUT2D eigenvalue weighted by Crippen LogP contribution is 2.33. The van der Waals surface area contributed by atoms with Crippen molar-refractivity contribution >= 4 is 11.7 Å². The molecule has 3 nitrogen and oxygen atoms in total. The van der Waals surface area contributed by atoms with Gasteiger partial charge in [0.25, 0.3) is 0 Å². The molecule has 2 N–H and O–H groups in total. The molecule has 21 heavy (non-hydrogen) atoms. The van der Waals surface area contributed by atoms with E-state index in [1.165, 1.54) is 0 Å². The van der Waals surface area contributed by atoms with Crippen LogP contribution in [-0.4, -0.2) is 17.6 Å². The molecule has 2 unspecified atom stereocenters. The molecule has 8 heteroatoms. The Labute approximate surface area is 116 Å². The second-order valence-corrected chi connectivity index (χ2v) is 4.96. The molecule has 0 amide bonds. The first kappa shape index (κ1) is 15.5. The fourth-order valence-corrected chi connectivity index (χ4v) is 2.60. The predicted octanol–water partition coefficient (Wildman–Crippen LogP) is 3.29. The maximum atomic E-state index is 13.4. The second kappa shape index (κ2) is 5.87. The molecule has 0 bridgehead atoms. The van der Waals surface area contributed by atoms with Gasteiger partial charge in [-0.15, -0.1) is 0 Å². The molecule has 2 rings (SSSR count). The van der Waals surface area contributed by atoms with E-state index in [4.69, 9.17) is 5.11 Å². The van der Waals surface area contributed by atoms with Gasteiger partial charge in [-0.1, -0.05) is 6.42 Å². The summed E-state index contributed by atoms with van der Waals surface area (Å²) in [6.07, 6.45) is 1.58. The third kappa shape index (κ3) is 2.79. The number of anilines is 1. The van der Waals surface area contributed by atoms with Crippen molar-refractivity contribution in [2.45, 2.75) is 19.3 Å². The zero-order chi connectivity index (χ0) is 15.7. The van der Waals surface area contributed by atoms with Crippen LogP contribution < -0.4 is 5.32 Å². The van der Waals surface area contributed by atoms with Crippen molar-refractivity contribution in [3.05, 3.63) is 29.1 Å². The summed E-state index contributed by atoms with van der Waals surface area (Å²) >= 11 is 0. The Balaban J connectivity index is 2.19. The van der Waals surface area contributed by atoms with Crippen molar-refractivity contribution in [1.82, 2.24) is 0 Å². The van der Waals surface area contributed by atoms with Crippen molar-refractivity contribution in [1.29, 1.82) is 0 Å². The summed E-state index contributed by atoms with van der Waals surface area (Å²) in [7, 11) is 0. The zero-order valence-corrected chi connectivity index (χ0v) is 10.7. The van der Waals surface area contributed by atoms with Gasteiger partial charge in [-0.3, -0.25) is 4.79 Å². The van der Waals surface area contributed by atoms with Gasteiger partial charge >= 0.3 is 5.97 Å². The van der Waals surface area contributed by atoms with Gasteiger partial charge < -0.3 is 10.4 Å². The Kier molecular flexibility index (Phi) is 4.34. The molecule has 1 aliphatic rings. The van der Waals surface area contributed by atoms with Crippen LogP contribution in [0.4, 0.5) is 27.6 Å². The van der Waals surface area contributed by atoms with Gasteiger partial charge in [-0.2, -0.15) is 0 Å². The van der Waals surface area contributed by atoms with E-state index in [1.807, 2.05) is 0 Å². The smallest absolute Gasteiger partial charge is 0.306 e. The van der Waals surface area contributed by atoms with E-state index in [1.54, 1.807) is 0 Å². The van der Waals surface area contributed by atoms with Gasteiger partial charge in [0.1, 0.15) is 5.69 Å². The summed E-state index contributed by atoms with van der Waals surface area (Å²) in [6, 6.07) is 0. The first-order chi connectivity index (χ1) is 9.84. The number of carbonyl (C=O) groups is 1. The van der Waals surface area contributed by atoms with Crippen LogP contribution in [0, 0.1) is 40.9 Å². The molecule has 2 atom stereocenters. The molecule has 1 saturated carbocycles. The maximum Gasteiger partial charge on any atom is 0.306 e. The quantitative estimate of drug-likeness (QED) is 0.510. The molecular weight excluding hydrogens is 297 g/mol. The van der Waals surface area contributed by atoms with Crippen molar-refractivity contribution in [2.75, 3.05) is 11.9 Å². The van der Waals surface area contributed by atoms with Gasteiger partial charge in [0, 0.05) is 6.54 Å². The van der Waals surface area contributed by atoms with Crippen LogP contribution >= 0.6 is 0 Å². The molecule has 0 heterocycles. The van der Waals surface area contributed by atoms with Gasteiger partial charge in [0.05, 0.1) is 5.92 Å². The Bertz CT molecular complexity index is 549. The second-order valence-electron chi connectivity index (χ2n) is 4.96. The third-order valence-corrected chi connectivity index (χ3v) is 3.73. The van der Waals surface area contributed by atoms with Gasteiger partial charge in [0.15, 0.2) is 23.3 Å². The number of benzene rings is 1. The molecule has 1 aromatic rings. The van der Waals surface area contributed by atoms with Crippen LogP contribution in [0.25, 0.3) is 0 Å². The number of hydrogen-bond acceptors (Lipinski definition) is 2. The molecule has 116 valence electrons. The third-order valence-electron chi connectivity index (χ3n) is 3.73. The highest BCUT2D eigenvalue weighted by molar-refractivity contribution is 5.70. The average molecular weight is 309 g/mol. The van der Waals surface area contributed by atoms with Crippen LogP contribution in [0.15, 0.2) is 0 Å². The largest absolute Gasteiger partial charge is 0.481 e. The summed E-state index contributed by atoms with van der Waals surface area (Å²) in [5, 5.41) is 11.1. The highest BCUT2D eigenvalue weighted by atomic mass is 19.2. The topological polar surface area (TPSA) is 49.3 Å². The first-order valence-corrected chi connectivity index (χ1v) is 6.32. The van der Waals surface area contributed by atoms with Crippen molar-refractivity contribution in [3.8, 4) is 0 Å². The van der Waals surface area contributed by atoms with E-state index in [2.05, 4.69) is 5.32 Å². The Morgan fingerprint density at radius 1 is 1.00 bits per heavy atom. The molecule has 1 aromatic carbocycles. The molecule has 0 saturated heterocycles. The number of hydrogen-bond donors (Lipinski definition) is 2. The fourth-order valence-electron chi connectivity index (χ4n) is 2.60. The number of aliphatic carboxylic acids is 1. The van der Waals surface area contributed by atoms with E-state index in [-0.39, 0.29) is 6.54 Å². The summed E-state index contributed by atoms with van der Waals surface area (Å²) in [4.78, 5) is 11.0. The van der Waals surface area contributed by atoms with E-state index < -0.39 is 52.6 Å². The molecule has 0 spiro atoms. The standard InChI is InChI=1S/C13H12F5NO2/c14-7-8(15)10(17)12(11(18)9(7)16)19-4-5-2-1-3-6(5)13(20)21/h5-6,19H,1-4H2,(H,20,21). The van der Waals surface area contributed by atoms with E-state index >= 15 is 0 Å². The summed E-state index contributed by atoms with van der Waals surface area (Å²) in [5.41, 5.74) is -1.12. The van der Waals surface area contributed by atoms with E-state index in [0.717, 1.165) is 0 Å². The van der Waals surface area contributed by atoms with Crippen molar-refractivity contribution < 1.29 is 31.9 Å². The van der Waals surface area contributed by atoms with Crippen LogP contribution in [0.1, 0.15) is 19.3 Å². The zero-order valence-electron chi connectivity index (χ0n) is 10.7. The number of carboxylic acids is 1. The Morgan fingerprint density at radius 3 is 2.05 bits per heavy atom. The lowest BCUT2D eigenvalue weighted by Gasteiger charge is -2.18. The van der Waals surface area contributed by atoms with Gasteiger partial charge in [-0.05, 0) is 18.8 Å². The first-order valence-electron chi connectivity index (χ1n) is 6.32. The van der Waals surface area contributed by atoms with Crippen molar-refractivity contribution in [2.24, 2.45) is 11.8 Å².